The molecule has 3 heteroatoms. The van der Waals surface area contributed by atoms with E-state index in [1.165, 1.54) is 63.6 Å². The van der Waals surface area contributed by atoms with Gasteiger partial charge in [-0.25, -0.2) is 0 Å². The Bertz CT molecular complexity index is 450. The second-order valence-corrected chi connectivity index (χ2v) is 6.72. The Labute approximate surface area is 136 Å². The van der Waals surface area contributed by atoms with Gasteiger partial charge in [0, 0.05) is 6.04 Å². The number of nitrogen functional groups attached to an aromatic ring is 2. The summed E-state index contributed by atoms with van der Waals surface area (Å²) < 4.78 is 0. The van der Waals surface area contributed by atoms with E-state index in [9.17, 15) is 0 Å². The van der Waals surface area contributed by atoms with Gasteiger partial charge in [0.05, 0.1) is 11.4 Å². The highest BCUT2D eigenvalue weighted by molar-refractivity contribution is 5.68. The molecule has 1 heterocycles. The average Bonchev–Trinajstić information content (AvgIpc) is 2.55. The lowest BCUT2D eigenvalue weighted by Gasteiger charge is -2.38. The van der Waals surface area contributed by atoms with Crippen LogP contribution in [0.3, 0.4) is 0 Å². The molecule has 22 heavy (non-hydrogen) atoms. The maximum Gasteiger partial charge on any atom is 0.0583 e. The molecule has 0 saturated carbocycles. The molecule has 1 aliphatic rings. The summed E-state index contributed by atoms with van der Waals surface area (Å²) in [7, 11) is 0. The fourth-order valence-electron chi connectivity index (χ4n) is 3.81. The van der Waals surface area contributed by atoms with Crippen molar-refractivity contribution in [2.24, 2.45) is 0 Å². The predicted octanol–water partition coefficient (Wildman–Crippen LogP) is 4.39. The number of anilines is 2. The maximum atomic E-state index is 6.18. The van der Waals surface area contributed by atoms with Crippen LogP contribution in [0.2, 0.25) is 0 Å². The summed E-state index contributed by atoms with van der Waals surface area (Å²) in [4.78, 5) is 2.70. The number of hydrogen-bond donors (Lipinski definition) is 2. The van der Waals surface area contributed by atoms with E-state index >= 15 is 0 Å². The molecular formula is C19H33N3. The molecule has 1 aliphatic heterocycles. The molecule has 0 spiro atoms. The van der Waals surface area contributed by atoms with Crippen molar-refractivity contribution in [1.82, 2.24) is 4.90 Å². The zero-order valence-corrected chi connectivity index (χ0v) is 14.4. The predicted molar refractivity (Wildman–Crippen MR) is 97.0 cm³/mol. The summed E-state index contributed by atoms with van der Waals surface area (Å²) in [5, 5.41) is 0. The molecule has 0 aliphatic carbocycles. The number of para-hydroxylation sites is 1. The lowest BCUT2D eigenvalue weighted by molar-refractivity contribution is 0.139. The van der Waals surface area contributed by atoms with Gasteiger partial charge in [0.15, 0.2) is 0 Å². The van der Waals surface area contributed by atoms with Gasteiger partial charge in [-0.3, -0.25) is 0 Å². The van der Waals surface area contributed by atoms with Crippen LogP contribution in [0.15, 0.2) is 18.2 Å². The van der Waals surface area contributed by atoms with Gasteiger partial charge in [-0.05, 0) is 56.3 Å². The first kappa shape index (κ1) is 17.1. The topological polar surface area (TPSA) is 55.3 Å². The Morgan fingerprint density at radius 2 is 1.86 bits per heavy atom. The van der Waals surface area contributed by atoms with Crippen molar-refractivity contribution < 1.29 is 0 Å². The molecule has 0 bridgehead atoms. The molecule has 0 amide bonds. The number of rotatable bonds is 7. The van der Waals surface area contributed by atoms with E-state index in [-0.39, 0.29) is 0 Å². The van der Waals surface area contributed by atoms with Gasteiger partial charge in [-0.2, -0.15) is 0 Å². The summed E-state index contributed by atoms with van der Waals surface area (Å²) in [5.74, 6) is 0.577. The van der Waals surface area contributed by atoms with Crippen LogP contribution in [0.1, 0.15) is 70.3 Å². The molecule has 1 fully saturated rings. The number of piperidine rings is 1. The number of unbranched alkanes of at least 4 members (excludes halogenated alkanes) is 2. The van der Waals surface area contributed by atoms with Crippen molar-refractivity contribution in [3.05, 3.63) is 23.8 Å². The highest BCUT2D eigenvalue weighted by Gasteiger charge is 2.26. The summed E-state index contributed by atoms with van der Waals surface area (Å²) >= 11 is 0. The fourth-order valence-corrected chi connectivity index (χ4v) is 3.81. The van der Waals surface area contributed by atoms with Gasteiger partial charge in [-0.1, -0.05) is 45.2 Å². The van der Waals surface area contributed by atoms with E-state index in [4.69, 9.17) is 11.5 Å². The SMILES string of the molecule is CCCCCC(CC)N1CCC(c2cccc(N)c2N)CC1. The van der Waals surface area contributed by atoms with Gasteiger partial charge < -0.3 is 16.4 Å². The molecule has 0 aromatic heterocycles. The van der Waals surface area contributed by atoms with E-state index < -0.39 is 0 Å². The van der Waals surface area contributed by atoms with E-state index in [1.807, 2.05) is 12.1 Å². The zero-order chi connectivity index (χ0) is 15.9. The molecule has 1 unspecified atom stereocenters. The molecule has 3 nitrogen and oxygen atoms in total. The van der Waals surface area contributed by atoms with Gasteiger partial charge in [0.2, 0.25) is 0 Å². The molecule has 0 radical (unpaired) electrons. The Morgan fingerprint density at radius 1 is 1.14 bits per heavy atom. The standard InChI is InChI=1S/C19H33N3/c1-3-5-6-8-16(4-2)22-13-11-15(12-14-22)17-9-7-10-18(20)19(17)21/h7,9-10,15-16H,3-6,8,11-14,20-21H2,1-2H3. The average molecular weight is 303 g/mol. The number of hydrogen-bond acceptors (Lipinski definition) is 3. The Morgan fingerprint density at radius 3 is 2.50 bits per heavy atom. The van der Waals surface area contributed by atoms with Crippen LogP contribution in [0, 0.1) is 0 Å². The van der Waals surface area contributed by atoms with Crippen LogP contribution in [0.25, 0.3) is 0 Å². The summed E-state index contributed by atoms with van der Waals surface area (Å²) in [6, 6.07) is 6.86. The third-order valence-corrected chi connectivity index (χ3v) is 5.27. The molecule has 1 atom stereocenters. The number of benzene rings is 1. The lowest BCUT2D eigenvalue weighted by atomic mass is 9.87. The zero-order valence-electron chi connectivity index (χ0n) is 14.4. The van der Waals surface area contributed by atoms with Crippen LogP contribution < -0.4 is 11.5 Å². The van der Waals surface area contributed by atoms with E-state index in [1.54, 1.807) is 0 Å². The van der Waals surface area contributed by atoms with Gasteiger partial charge in [0.1, 0.15) is 0 Å². The van der Waals surface area contributed by atoms with Crippen LogP contribution in [-0.4, -0.2) is 24.0 Å². The Kier molecular flexibility index (Phi) is 6.56. The van der Waals surface area contributed by atoms with Gasteiger partial charge >= 0.3 is 0 Å². The largest absolute Gasteiger partial charge is 0.397 e. The number of likely N-dealkylation sites (tertiary alicyclic amines) is 1. The summed E-state index contributed by atoms with van der Waals surface area (Å²) in [5.41, 5.74) is 14.9. The lowest BCUT2D eigenvalue weighted by Crippen LogP contribution is -2.40. The highest BCUT2D eigenvalue weighted by Crippen LogP contribution is 2.35. The van der Waals surface area contributed by atoms with Crippen molar-refractivity contribution >= 4 is 11.4 Å². The highest BCUT2D eigenvalue weighted by atomic mass is 15.2. The van der Waals surface area contributed by atoms with Crippen LogP contribution in [0.5, 0.6) is 0 Å². The van der Waals surface area contributed by atoms with Crippen molar-refractivity contribution in [1.29, 1.82) is 0 Å². The molecule has 1 saturated heterocycles. The van der Waals surface area contributed by atoms with E-state index in [0.29, 0.717) is 5.92 Å². The van der Waals surface area contributed by atoms with Crippen LogP contribution in [-0.2, 0) is 0 Å². The molecular weight excluding hydrogens is 270 g/mol. The van der Waals surface area contributed by atoms with Gasteiger partial charge in [0.25, 0.3) is 0 Å². The Balaban J connectivity index is 1.90. The Hall–Kier alpha value is -1.22. The first-order valence-electron chi connectivity index (χ1n) is 9.05. The van der Waals surface area contributed by atoms with Crippen molar-refractivity contribution in [3.63, 3.8) is 0 Å². The maximum absolute atomic E-state index is 6.18. The van der Waals surface area contributed by atoms with Crippen molar-refractivity contribution in [3.8, 4) is 0 Å². The molecule has 2 rings (SSSR count). The second-order valence-electron chi connectivity index (χ2n) is 6.72. The smallest absolute Gasteiger partial charge is 0.0583 e. The number of nitrogens with zero attached hydrogens (tertiary/aromatic N) is 1. The summed E-state index contributed by atoms with van der Waals surface area (Å²) in [6.07, 6.45) is 9.09. The fraction of sp³-hybridized carbons (Fsp3) is 0.684. The molecule has 1 aromatic rings. The molecule has 124 valence electrons. The first-order chi connectivity index (χ1) is 10.7. The molecule has 4 N–H and O–H groups in total. The van der Waals surface area contributed by atoms with E-state index in [2.05, 4.69) is 24.8 Å². The van der Waals surface area contributed by atoms with Gasteiger partial charge in [-0.15, -0.1) is 0 Å². The third-order valence-electron chi connectivity index (χ3n) is 5.27. The first-order valence-corrected chi connectivity index (χ1v) is 9.05. The minimum Gasteiger partial charge on any atom is -0.397 e. The summed E-state index contributed by atoms with van der Waals surface area (Å²) in [6.45, 7) is 7.01. The molecule has 1 aromatic carbocycles. The van der Waals surface area contributed by atoms with E-state index in [0.717, 1.165) is 17.4 Å². The van der Waals surface area contributed by atoms with Crippen LogP contribution >= 0.6 is 0 Å². The minimum absolute atomic E-state index is 0.577. The monoisotopic (exact) mass is 303 g/mol. The normalized spacial score (nSPS) is 18.5. The quantitative estimate of drug-likeness (QED) is 0.580. The second kappa shape index (κ2) is 8.42. The van der Waals surface area contributed by atoms with Crippen molar-refractivity contribution in [2.45, 2.75) is 70.8 Å². The minimum atomic E-state index is 0.577. The van der Waals surface area contributed by atoms with Crippen molar-refractivity contribution in [2.75, 3.05) is 24.6 Å². The van der Waals surface area contributed by atoms with Crippen LogP contribution in [0.4, 0.5) is 11.4 Å². The third kappa shape index (κ3) is 4.16. The number of nitrogens with two attached hydrogens (primary N) is 2.